The Morgan fingerprint density at radius 3 is 2.89 bits per heavy atom. The molecular weight excluding hydrogens is 232 g/mol. The molecule has 1 aliphatic carbocycles. The fourth-order valence-corrected chi connectivity index (χ4v) is 2.31. The minimum Gasteiger partial charge on any atom is -0.454 e. The number of benzene rings is 1. The maximum Gasteiger partial charge on any atom is 0.231 e. The summed E-state index contributed by atoms with van der Waals surface area (Å²) in [6.07, 6.45) is 3.21. The van der Waals surface area contributed by atoms with E-state index >= 15 is 0 Å². The van der Waals surface area contributed by atoms with Crippen LogP contribution in [0, 0.1) is 0 Å². The van der Waals surface area contributed by atoms with Gasteiger partial charge in [-0.2, -0.15) is 0 Å². The molecule has 1 aromatic rings. The molecule has 4 heteroatoms. The number of hydrogen-bond acceptors (Lipinski definition) is 4. The number of ketones is 1. The van der Waals surface area contributed by atoms with Gasteiger partial charge in [0.1, 0.15) is 6.10 Å². The van der Waals surface area contributed by atoms with E-state index in [1.165, 1.54) is 0 Å². The van der Waals surface area contributed by atoms with Crippen LogP contribution < -0.4 is 9.47 Å². The molecule has 0 bridgehead atoms. The third kappa shape index (κ3) is 1.88. The van der Waals surface area contributed by atoms with Crippen molar-refractivity contribution >= 4 is 5.78 Å². The molecule has 1 unspecified atom stereocenters. The molecule has 0 saturated carbocycles. The van der Waals surface area contributed by atoms with Crippen molar-refractivity contribution in [1.29, 1.82) is 0 Å². The monoisotopic (exact) mass is 246 g/mol. The van der Waals surface area contributed by atoms with Crippen LogP contribution in [-0.2, 0) is 4.79 Å². The van der Waals surface area contributed by atoms with Crippen LogP contribution in [0.25, 0.3) is 0 Å². The highest BCUT2D eigenvalue weighted by Crippen LogP contribution is 2.36. The predicted octanol–water partition coefficient (Wildman–Crippen LogP) is 2.13. The fraction of sp³-hybridized carbons (Fsp3) is 0.357. The SMILES string of the molecule is O=C1CCCC=C1C(O)c1ccc2c(c1)OCO2. The molecule has 94 valence electrons. The van der Waals surface area contributed by atoms with E-state index in [1.807, 2.05) is 6.08 Å². The largest absolute Gasteiger partial charge is 0.454 e. The Balaban J connectivity index is 1.90. The van der Waals surface area contributed by atoms with Gasteiger partial charge >= 0.3 is 0 Å². The van der Waals surface area contributed by atoms with E-state index in [0.717, 1.165) is 12.8 Å². The van der Waals surface area contributed by atoms with Crippen LogP contribution in [0.2, 0.25) is 0 Å². The second-order valence-corrected chi connectivity index (χ2v) is 4.49. The number of aliphatic hydroxyl groups is 1. The maximum atomic E-state index is 11.8. The van der Waals surface area contributed by atoms with Gasteiger partial charge in [-0.25, -0.2) is 0 Å². The lowest BCUT2D eigenvalue weighted by molar-refractivity contribution is -0.117. The molecule has 1 aliphatic heterocycles. The molecule has 0 amide bonds. The van der Waals surface area contributed by atoms with Crippen molar-refractivity contribution in [3.05, 3.63) is 35.4 Å². The first-order valence-electron chi connectivity index (χ1n) is 6.06. The van der Waals surface area contributed by atoms with E-state index in [2.05, 4.69) is 0 Å². The van der Waals surface area contributed by atoms with Gasteiger partial charge in [-0.3, -0.25) is 4.79 Å². The summed E-state index contributed by atoms with van der Waals surface area (Å²) >= 11 is 0. The molecule has 4 nitrogen and oxygen atoms in total. The van der Waals surface area contributed by atoms with Crippen molar-refractivity contribution in [2.45, 2.75) is 25.4 Å². The molecule has 18 heavy (non-hydrogen) atoms. The smallest absolute Gasteiger partial charge is 0.231 e. The van der Waals surface area contributed by atoms with Crippen LogP contribution in [0.15, 0.2) is 29.8 Å². The van der Waals surface area contributed by atoms with Gasteiger partial charge in [0, 0.05) is 12.0 Å². The first kappa shape index (κ1) is 11.3. The number of allylic oxidation sites excluding steroid dienone is 1. The summed E-state index contributed by atoms with van der Waals surface area (Å²) in [6.45, 7) is 0.205. The second-order valence-electron chi connectivity index (χ2n) is 4.49. The number of ether oxygens (including phenoxy) is 2. The Bertz CT molecular complexity index is 519. The summed E-state index contributed by atoms with van der Waals surface area (Å²) in [5.41, 5.74) is 1.17. The first-order valence-corrected chi connectivity index (χ1v) is 6.06. The number of aliphatic hydroxyl groups excluding tert-OH is 1. The van der Waals surface area contributed by atoms with Crippen molar-refractivity contribution in [3.63, 3.8) is 0 Å². The molecular formula is C14H14O4. The topological polar surface area (TPSA) is 55.8 Å². The molecule has 1 aromatic carbocycles. The summed E-state index contributed by atoms with van der Waals surface area (Å²) in [5.74, 6) is 1.33. The zero-order valence-electron chi connectivity index (χ0n) is 9.89. The van der Waals surface area contributed by atoms with Gasteiger partial charge < -0.3 is 14.6 Å². The lowest BCUT2D eigenvalue weighted by Crippen LogP contribution is -2.14. The van der Waals surface area contributed by atoms with Crippen molar-refractivity contribution < 1.29 is 19.4 Å². The number of fused-ring (bicyclic) bond motifs is 1. The maximum absolute atomic E-state index is 11.8. The zero-order valence-corrected chi connectivity index (χ0v) is 9.89. The van der Waals surface area contributed by atoms with Crippen LogP contribution >= 0.6 is 0 Å². The normalized spacial score (nSPS) is 19.6. The van der Waals surface area contributed by atoms with Crippen LogP contribution in [-0.4, -0.2) is 17.7 Å². The minimum absolute atomic E-state index is 0.0337. The molecule has 0 fully saturated rings. The third-order valence-electron chi connectivity index (χ3n) is 3.30. The predicted molar refractivity (Wildman–Crippen MR) is 64.5 cm³/mol. The van der Waals surface area contributed by atoms with Gasteiger partial charge in [-0.1, -0.05) is 12.1 Å². The van der Waals surface area contributed by atoms with E-state index in [9.17, 15) is 9.90 Å². The average molecular weight is 246 g/mol. The minimum atomic E-state index is -0.868. The Morgan fingerprint density at radius 2 is 2.06 bits per heavy atom. The van der Waals surface area contributed by atoms with E-state index in [-0.39, 0.29) is 12.6 Å². The number of rotatable bonds is 2. The Labute approximate surface area is 105 Å². The first-order chi connectivity index (χ1) is 8.75. The van der Waals surface area contributed by atoms with Gasteiger partial charge in [0.05, 0.1) is 0 Å². The zero-order chi connectivity index (χ0) is 12.5. The summed E-state index contributed by atoms with van der Waals surface area (Å²) in [4.78, 5) is 11.8. The van der Waals surface area contributed by atoms with E-state index in [0.29, 0.717) is 29.1 Å². The highest BCUT2D eigenvalue weighted by molar-refractivity contribution is 5.97. The Morgan fingerprint density at radius 1 is 1.22 bits per heavy atom. The van der Waals surface area contributed by atoms with Crippen LogP contribution in [0.5, 0.6) is 11.5 Å². The summed E-state index contributed by atoms with van der Waals surface area (Å²) in [7, 11) is 0. The average Bonchev–Trinajstić information content (AvgIpc) is 2.85. The van der Waals surface area contributed by atoms with Gasteiger partial charge in [0.25, 0.3) is 0 Å². The van der Waals surface area contributed by atoms with Crippen molar-refractivity contribution in [2.24, 2.45) is 0 Å². The molecule has 1 N–H and O–H groups in total. The van der Waals surface area contributed by atoms with E-state index in [4.69, 9.17) is 9.47 Å². The summed E-state index contributed by atoms with van der Waals surface area (Å²) in [6, 6.07) is 5.26. The lowest BCUT2D eigenvalue weighted by Gasteiger charge is -2.18. The quantitative estimate of drug-likeness (QED) is 0.868. The van der Waals surface area contributed by atoms with Crippen molar-refractivity contribution in [3.8, 4) is 11.5 Å². The number of hydrogen-bond donors (Lipinski definition) is 1. The van der Waals surface area contributed by atoms with Gasteiger partial charge in [-0.05, 0) is 30.5 Å². The third-order valence-corrected chi connectivity index (χ3v) is 3.30. The molecule has 1 heterocycles. The fourth-order valence-electron chi connectivity index (χ4n) is 2.31. The lowest BCUT2D eigenvalue weighted by atomic mass is 9.90. The molecule has 3 rings (SSSR count). The highest BCUT2D eigenvalue weighted by atomic mass is 16.7. The standard InChI is InChI=1S/C14H14O4/c15-11-4-2-1-3-10(11)14(16)9-5-6-12-13(7-9)18-8-17-12/h3,5-7,14,16H,1-2,4,8H2. The summed E-state index contributed by atoms with van der Waals surface area (Å²) in [5, 5.41) is 10.3. The van der Waals surface area contributed by atoms with Crippen molar-refractivity contribution in [1.82, 2.24) is 0 Å². The van der Waals surface area contributed by atoms with Crippen LogP contribution in [0.1, 0.15) is 30.9 Å². The van der Waals surface area contributed by atoms with Crippen LogP contribution in [0.3, 0.4) is 0 Å². The molecule has 0 aromatic heterocycles. The molecule has 0 radical (unpaired) electrons. The molecule has 0 saturated heterocycles. The van der Waals surface area contributed by atoms with Gasteiger partial charge in [-0.15, -0.1) is 0 Å². The second kappa shape index (κ2) is 4.46. The van der Waals surface area contributed by atoms with Gasteiger partial charge in [0.15, 0.2) is 17.3 Å². The molecule has 0 spiro atoms. The number of carbonyl (C=O) groups is 1. The van der Waals surface area contributed by atoms with Crippen molar-refractivity contribution in [2.75, 3.05) is 6.79 Å². The van der Waals surface area contributed by atoms with E-state index in [1.54, 1.807) is 18.2 Å². The molecule has 1 atom stereocenters. The van der Waals surface area contributed by atoms with Crippen LogP contribution in [0.4, 0.5) is 0 Å². The number of carbonyl (C=O) groups excluding carboxylic acids is 1. The summed E-state index contributed by atoms with van der Waals surface area (Å²) < 4.78 is 10.5. The van der Waals surface area contributed by atoms with E-state index < -0.39 is 6.10 Å². The Hall–Kier alpha value is -1.81. The Kier molecular flexibility index (Phi) is 2.80. The van der Waals surface area contributed by atoms with Gasteiger partial charge in [0.2, 0.25) is 6.79 Å². The number of Topliss-reactive ketones (excluding diaryl/α,β-unsaturated/α-hetero) is 1. The highest BCUT2D eigenvalue weighted by Gasteiger charge is 2.24. The molecule has 2 aliphatic rings.